The number of hydrogen-bond acceptors (Lipinski definition) is 5. The van der Waals surface area contributed by atoms with Gasteiger partial charge in [-0.25, -0.2) is 9.79 Å². The van der Waals surface area contributed by atoms with E-state index in [2.05, 4.69) is 0 Å². The Balaban J connectivity index is 1.75. The fraction of sp³-hybridized carbons (Fsp3) is 0.389. The number of guanidine groups is 1. The van der Waals surface area contributed by atoms with Crippen LogP contribution in [0.15, 0.2) is 41.2 Å². The number of aliphatic imine (C=N–C) groups is 1. The molecule has 2 unspecified atom stereocenters. The first-order valence-electron chi connectivity index (χ1n) is 8.43. The van der Waals surface area contributed by atoms with Gasteiger partial charge in [-0.3, -0.25) is 14.6 Å². The maximum Gasteiger partial charge on any atom is 0.328 e. The van der Waals surface area contributed by atoms with Crippen LogP contribution >= 0.6 is 0 Å². The lowest BCUT2D eigenvalue weighted by Gasteiger charge is -2.39. The Labute approximate surface area is 146 Å². The summed E-state index contributed by atoms with van der Waals surface area (Å²) in [5.74, 6) is 0.506. The van der Waals surface area contributed by atoms with Gasteiger partial charge in [0.1, 0.15) is 0 Å². The second kappa shape index (κ2) is 5.34. The van der Waals surface area contributed by atoms with Gasteiger partial charge in [-0.1, -0.05) is 17.7 Å². The molecule has 0 radical (unpaired) electrons. The maximum absolute atomic E-state index is 12.8. The molecule has 1 aromatic carbocycles. The molecule has 7 nitrogen and oxygen atoms in total. The Morgan fingerprint density at radius 1 is 1.12 bits per heavy atom. The molecule has 3 heterocycles. The average molecular weight is 339 g/mol. The molecule has 7 heteroatoms. The van der Waals surface area contributed by atoms with E-state index in [0.717, 1.165) is 11.4 Å². The van der Waals surface area contributed by atoms with Crippen molar-refractivity contribution in [2.45, 2.75) is 33.0 Å². The Morgan fingerprint density at radius 2 is 1.80 bits per heavy atom. The van der Waals surface area contributed by atoms with Crippen LogP contribution in [-0.2, 0) is 4.79 Å². The summed E-state index contributed by atoms with van der Waals surface area (Å²) < 4.78 is 0. The SMILES string of the molecule is CCN1C(=O)C2C(N=C3N(c4ccc(C)cc4)C(C)=CN32)N(C)C1=O. The number of fused-ring (bicyclic) bond motifs is 3. The first-order chi connectivity index (χ1) is 11.9. The number of nitrogens with zero attached hydrogens (tertiary/aromatic N) is 5. The van der Waals surface area contributed by atoms with Gasteiger partial charge < -0.3 is 9.80 Å². The largest absolute Gasteiger partial charge is 0.328 e. The molecule has 130 valence electrons. The molecule has 0 aromatic heterocycles. The van der Waals surface area contributed by atoms with Crippen molar-refractivity contribution in [3.8, 4) is 0 Å². The van der Waals surface area contributed by atoms with E-state index in [1.165, 1.54) is 10.5 Å². The van der Waals surface area contributed by atoms with Gasteiger partial charge in [0.2, 0.25) is 5.96 Å². The van der Waals surface area contributed by atoms with Crippen molar-refractivity contribution in [1.29, 1.82) is 0 Å². The predicted octanol–water partition coefficient (Wildman–Crippen LogP) is 1.96. The molecule has 0 bridgehead atoms. The molecular formula is C18H21N5O2. The third kappa shape index (κ3) is 2.08. The van der Waals surface area contributed by atoms with Gasteiger partial charge in [0, 0.05) is 31.2 Å². The molecule has 3 aliphatic heterocycles. The fourth-order valence-corrected chi connectivity index (χ4v) is 3.66. The molecule has 3 aliphatic rings. The molecule has 3 amide bonds. The summed E-state index contributed by atoms with van der Waals surface area (Å²) in [6.07, 6.45) is 1.45. The molecule has 4 rings (SSSR count). The topological polar surface area (TPSA) is 59.5 Å². The van der Waals surface area contributed by atoms with Gasteiger partial charge in [-0.2, -0.15) is 0 Å². The van der Waals surface area contributed by atoms with E-state index in [9.17, 15) is 9.59 Å². The average Bonchev–Trinajstić information content (AvgIpc) is 3.09. The fourth-order valence-electron chi connectivity index (χ4n) is 3.66. The third-order valence-electron chi connectivity index (χ3n) is 5.00. The molecule has 25 heavy (non-hydrogen) atoms. The van der Waals surface area contributed by atoms with Gasteiger partial charge in [0.05, 0.1) is 0 Å². The second-order valence-corrected chi connectivity index (χ2v) is 6.61. The lowest BCUT2D eigenvalue weighted by atomic mass is 10.1. The molecule has 1 fully saturated rings. The Hall–Kier alpha value is -2.83. The monoisotopic (exact) mass is 339 g/mol. The minimum absolute atomic E-state index is 0.191. The summed E-state index contributed by atoms with van der Waals surface area (Å²) in [7, 11) is 1.70. The highest BCUT2D eigenvalue weighted by atomic mass is 16.2. The number of hydrogen-bond donors (Lipinski definition) is 0. The lowest BCUT2D eigenvalue weighted by Crippen LogP contribution is -2.64. The van der Waals surface area contributed by atoms with Crippen molar-refractivity contribution in [2.75, 3.05) is 18.5 Å². The summed E-state index contributed by atoms with van der Waals surface area (Å²) >= 11 is 0. The number of amides is 3. The van der Waals surface area contributed by atoms with Crippen LogP contribution in [-0.4, -0.2) is 58.4 Å². The van der Waals surface area contributed by atoms with Crippen molar-refractivity contribution in [3.63, 3.8) is 0 Å². The summed E-state index contributed by atoms with van der Waals surface area (Å²) in [6.45, 7) is 6.21. The number of urea groups is 1. The van der Waals surface area contributed by atoms with Gasteiger partial charge >= 0.3 is 6.03 Å². The number of carbonyl (C=O) groups is 2. The van der Waals surface area contributed by atoms with Gasteiger partial charge in [-0.05, 0) is 32.9 Å². The first kappa shape index (κ1) is 15.7. The van der Waals surface area contributed by atoms with E-state index in [-0.39, 0.29) is 11.9 Å². The van der Waals surface area contributed by atoms with E-state index >= 15 is 0 Å². The van der Waals surface area contributed by atoms with Crippen LogP contribution in [0, 0.1) is 6.92 Å². The Kier molecular flexibility index (Phi) is 3.35. The highest BCUT2D eigenvalue weighted by Gasteiger charge is 2.54. The minimum Gasteiger partial charge on any atom is -0.302 e. The van der Waals surface area contributed by atoms with E-state index < -0.39 is 12.2 Å². The maximum atomic E-state index is 12.8. The molecule has 1 saturated heterocycles. The number of aryl methyl sites for hydroxylation is 1. The van der Waals surface area contributed by atoms with Gasteiger partial charge in [0.25, 0.3) is 5.91 Å². The minimum atomic E-state index is -0.497. The van der Waals surface area contributed by atoms with E-state index in [0.29, 0.717) is 12.5 Å². The Bertz CT molecular complexity index is 813. The molecule has 0 saturated carbocycles. The zero-order valence-corrected chi connectivity index (χ0v) is 14.8. The predicted molar refractivity (Wildman–Crippen MR) is 94.8 cm³/mol. The number of benzene rings is 1. The van der Waals surface area contributed by atoms with Crippen molar-refractivity contribution in [3.05, 3.63) is 41.7 Å². The Morgan fingerprint density at radius 3 is 2.44 bits per heavy atom. The van der Waals surface area contributed by atoms with Gasteiger partial charge in [0.15, 0.2) is 12.2 Å². The van der Waals surface area contributed by atoms with Crippen LogP contribution in [0.5, 0.6) is 0 Å². The number of imide groups is 1. The zero-order chi connectivity index (χ0) is 17.9. The number of rotatable bonds is 2. The standard InChI is InChI=1S/C18H21N5O2/c1-5-21-16(24)14-15(20(4)18(21)25)19-17-22(14)10-12(3)23(17)13-8-6-11(2)7-9-13/h6-10,14-15H,5H2,1-4H3. The van der Waals surface area contributed by atoms with Crippen molar-refractivity contribution in [1.82, 2.24) is 14.7 Å². The smallest absolute Gasteiger partial charge is 0.302 e. The molecule has 0 N–H and O–H groups in total. The van der Waals surface area contributed by atoms with E-state index in [1.54, 1.807) is 11.9 Å². The summed E-state index contributed by atoms with van der Waals surface area (Å²) in [5, 5.41) is 0. The quantitative estimate of drug-likeness (QED) is 0.826. The zero-order valence-electron chi connectivity index (χ0n) is 14.8. The van der Waals surface area contributed by atoms with E-state index in [1.807, 2.05) is 61.0 Å². The molecule has 2 atom stereocenters. The highest BCUT2D eigenvalue weighted by molar-refractivity contribution is 6.09. The summed E-state index contributed by atoms with van der Waals surface area (Å²) in [5.41, 5.74) is 3.17. The summed E-state index contributed by atoms with van der Waals surface area (Å²) in [4.78, 5) is 36.7. The van der Waals surface area contributed by atoms with Crippen molar-refractivity contribution < 1.29 is 9.59 Å². The number of likely N-dealkylation sites (N-methyl/N-ethyl adjacent to an activating group) is 2. The second-order valence-electron chi connectivity index (χ2n) is 6.61. The molecular weight excluding hydrogens is 318 g/mol. The van der Waals surface area contributed by atoms with Crippen molar-refractivity contribution >= 4 is 23.6 Å². The molecule has 1 aromatic rings. The van der Waals surface area contributed by atoms with Gasteiger partial charge in [-0.15, -0.1) is 0 Å². The van der Waals surface area contributed by atoms with Crippen molar-refractivity contribution in [2.24, 2.45) is 4.99 Å². The lowest BCUT2D eigenvalue weighted by molar-refractivity contribution is -0.136. The molecule has 0 spiro atoms. The highest BCUT2D eigenvalue weighted by Crippen LogP contribution is 2.36. The van der Waals surface area contributed by atoms with Crippen LogP contribution in [0.3, 0.4) is 0 Å². The van der Waals surface area contributed by atoms with Crippen LogP contribution < -0.4 is 4.90 Å². The number of carbonyl (C=O) groups excluding carboxylic acids is 2. The number of allylic oxidation sites excluding steroid dienone is 1. The normalized spacial score (nSPS) is 25.3. The molecule has 0 aliphatic carbocycles. The first-order valence-corrected chi connectivity index (χ1v) is 8.43. The van der Waals surface area contributed by atoms with Crippen LogP contribution in [0.25, 0.3) is 0 Å². The summed E-state index contributed by atoms with van der Waals surface area (Å²) in [6, 6.07) is 7.39. The van der Waals surface area contributed by atoms with Crippen LogP contribution in [0.2, 0.25) is 0 Å². The van der Waals surface area contributed by atoms with Crippen LogP contribution in [0.4, 0.5) is 10.5 Å². The van der Waals surface area contributed by atoms with E-state index in [4.69, 9.17) is 4.99 Å². The third-order valence-corrected chi connectivity index (χ3v) is 5.00. The number of anilines is 1. The van der Waals surface area contributed by atoms with Crippen LogP contribution in [0.1, 0.15) is 19.4 Å².